The summed E-state index contributed by atoms with van der Waals surface area (Å²) >= 11 is 1.91. The van der Waals surface area contributed by atoms with E-state index in [0.717, 1.165) is 102 Å². The van der Waals surface area contributed by atoms with Crippen LogP contribution in [0, 0.1) is 6.92 Å². The average molecular weight is 918 g/mol. The minimum absolute atomic E-state index is 0.0415. The molecule has 0 spiro atoms. The summed E-state index contributed by atoms with van der Waals surface area (Å²) in [6, 6.07) is 71.5. The molecular weight excluding hydrogens is 872 g/mol. The van der Waals surface area contributed by atoms with Crippen LogP contribution in [0.15, 0.2) is 242 Å². The number of ether oxygens (including phenoxy) is 1. The van der Waals surface area contributed by atoms with Gasteiger partial charge in [-0.3, -0.25) is 0 Å². The van der Waals surface area contributed by atoms with Gasteiger partial charge in [-0.2, -0.15) is 11.6 Å². The zero-order valence-electron chi connectivity index (χ0n) is 38.8. The summed E-state index contributed by atoms with van der Waals surface area (Å²) in [5.41, 5.74) is 19.6. The average Bonchev–Trinajstić information content (AvgIpc) is 3.41. The largest absolute Gasteiger partial charge is 0.551 e. The van der Waals surface area contributed by atoms with Crippen LogP contribution in [0.5, 0.6) is 17.2 Å². The Bertz CT molecular complexity index is 3520. The van der Waals surface area contributed by atoms with E-state index in [1.165, 1.54) is 21.5 Å². The van der Waals surface area contributed by atoms with Crippen molar-refractivity contribution in [2.24, 2.45) is 0 Å². The number of benzene rings is 9. The van der Waals surface area contributed by atoms with Gasteiger partial charge in [0.15, 0.2) is 0 Å². The zero-order valence-corrected chi connectivity index (χ0v) is 39.6. The van der Waals surface area contributed by atoms with Crippen LogP contribution < -0.4 is 45.9 Å². The lowest BCUT2D eigenvalue weighted by Crippen LogP contribution is -2.59. The summed E-state index contributed by atoms with van der Waals surface area (Å²) in [4.78, 5) is 8.35. The van der Waals surface area contributed by atoms with E-state index in [2.05, 4.69) is 254 Å². The predicted octanol–water partition coefficient (Wildman–Crippen LogP) is 14.2. The fraction of sp³-hybridized carbons (Fsp3) is 0.0323. The maximum absolute atomic E-state index is 7.50. The molecule has 0 amide bonds. The van der Waals surface area contributed by atoms with Crippen molar-refractivity contribution >= 4 is 91.9 Å². The summed E-state index contributed by atoms with van der Waals surface area (Å²) in [5.74, 6) is 2.55. The lowest BCUT2D eigenvalue weighted by Gasteiger charge is -2.43. The van der Waals surface area contributed by atoms with E-state index >= 15 is 0 Å². The zero-order chi connectivity index (χ0) is 46.9. The molecular formula is C62H45B2N3O2S. The van der Waals surface area contributed by atoms with Gasteiger partial charge in [-0.25, -0.2) is 0 Å². The fourth-order valence-corrected chi connectivity index (χ4v) is 12.4. The molecule has 4 heterocycles. The van der Waals surface area contributed by atoms with Gasteiger partial charge in [0.2, 0.25) is 0 Å². The predicted molar refractivity (Wildman–Crippen MR) is 296 cm³/mol. The molecule has 0 atom stereocenters. The highest BCUT2D eigenvalue weighted by atomic mass is 32.2. The maximum atomic E-state index is 7.50. The number of allylic oxidation sites excluding steroid dienone is 4. The van der Waals surface area contributed by atoms with Crippen LogP contribution in [0.1, 0.15) is 12.5 Å². The minimum atomic E-state index is -0.406. The van der Waals surface area contributed by atoms with Crippen LogP contribution in [0.25, 0.3) is 22.3 Å². The van der Waals surface area contributed by atoms with Crippen LogP contribution in [-0.4, -0.2) is 12.9 Å². The van der Waals surface area contributed by atoms with Crippen molar-refractivity contribution in [2.75, 3.05) is 14.7 Å². The van der Waals surface area contributed by atoms with Crippen molar-refractivity contribution in [3.8, 4) is 39.5 Å². The normalized spacial score (nSPS) is 13.5. The summed E-state index contributed by atoms with van der Waals surface area (Å²) in [6.45, 7) is 8.14. The lowest BCUT2D eigenvalue weighted by atomic mass is 9.47. The third-order valence-electron chi connectivity index (χ3n) is 13.9. The minimum Gasteiger partial charge on any atom is -0.551 e. The molecule has 70 heavy (non-hydrogen) atoms. The summed E-state index contributed by atoms with van der Waals surface area (Å²) in [5, 5.41) is 0. The van der Waals surface area contributed by atoms with Crippen molar-refractivity contribution in [3.05, 3.63) is 242 Å². The quantitative estimate of drug-likeness (QED) is 0.106. The number of hydrogen-bond donors (Lipinski definition) is 0. The molecule has 4 aliphatic heterocycles. The highest BCUT2D eigenvalue weighted by Crippen LogP contribution is 2.51. The third-order valence-corrected chi connectivity index (χ3v) is 15.2. The Morgan fingerprint density at radius 2 is 1.10 bits per heavy atom. The molecule has 0 N–H and O–H groups in total. The molecule has 13 rings (SSSR count). The van der Waals surface area contributed by atoms with E-state index in [1.54, 1.807) is 0 Å². The van der Waals surface area contributed by atoms with E-state index in [0.29, 0.717) is 0 Å². The Kier molecular flexibility index (Phi) is 10.2. The molecule has 9 aromatic carbocycles. The molecule has 0 saturated heterocycles. The molecule has 9 aromatic rings. The molecule has 0 radical (unpaired) electrons. The Morgan fingerprint density at radius 1 is 0.557 bits per heavy atom. The summed E-state index contributed by atoms with van der Waals surface area (Å²) in [6.07, 6.45) is 8.27. The van der Waals surface area contributed by atoms with Gasteiger partial charge in [-0.15, -0.1) is 0 Å². The number of fused-ring (bicyclic) bond motifs is 8. The third kappa shape index (κ3) is 6.66. The van der Waals surface area contributed by atoms with Crippen molar-refractivity contribution in [1.82, 2.24) is 0 Å². The van der Waals surface area contributed by atoms with Crippen LogP contribution in [-0.2, 0) is 0 Å². The van der Waals surface area contributed by atoms with Crippen LogP contribution in [0.3, 0.4) is 0 Å². The first-order valence-corrected chi connectivity index (χ1v) is 24.7. The first kappa shape index (κ1) is 41.8. The van der Waals surface area contributed by atoms with Gasteiger partial charge in [0.05, 0.1) is 11.4 Å². The molecule has 0 saturated carbocycles. The molecule has 4 aliphatic rings. The van der Waals surface area contributed by atoms with E-state index in [4.69, 9.17) is 9.39 Å². The molecule has 0 unspecified atom stereocenters. The molecule has 0 aromatic heterocycles. The second-order valence-corrected chi connectivity index (χ2v) is 19.1. The van der Waals surface area contributed by atoms with Gasteiger partial charge in [-0.1, -0.05) is 134 Å². The SMILES string of the molecule is C=C/C=C(\C=C/C)N1c2cc(N(c3ccccc3)c3ccccc3)cc3c2B(Oc2ccccc2-3)c2cc3c(c(C)c21)Oc1cc(N(c2ccccc2)c2ccccc2)cc2c1B3Sc1ccccc1-2. The number of hydrogen-bond acceptors (Lipinski definition) is 6. The molecule has 0 bridgehead atoms. The van der Waals surface area contributed by atoms with Crippen LogP contribution in [0.2, 0.25) is 0 Å². The monoisotopic (exact) mass is 917 g/mol. The van der Waals surface area contributed by atoms with Gasteiger partial charge in [0.25, 0.3) is 5.99 Å². The number of para-hydroxylation sites is 5. The van der Waals surface area contributed by atoms with E-state index < -0.39 is 6.92 Å². The smallest absolute Gasteiger partial charge is 0.431 e. The summed E-state index contributed by atoms with van der Waals surface area (Å²) < 4.78 is 14.8. The van der Waals surface area contributed by atoms with Crippen molar-refractivity contribution in [1.29, 1.82) is 0 Å². The van der Waals surface area contributed by atoms with E-state index in [-0.39, 0.29) is 5.99 Å². The van der Waals surface area contributed by atoms with Gasteiger partial charge in [0, 0.05) is 67.4 Å². The van der Waals surface area contributed by atoms with Gasteiger partial charge >= 0.3 is 6.92 Å². The molecule has 0 fully saturated rings. The highest BCUT2D eigenvalue weighted by molar-refractivity contribution is 8.28. The lowest BCUT2D eigenvalue weighted by molar-refractivity contribution is 0.484. The Hall–Kier alpha value is -8.32. The number of rotatable bonds is 9. The highest BCUT2D eigenvalue weighted by Gasteiger charge is 2.48. The van der Waals surface area contributed by atoms with Gasteiger partial charge in [-0.05, 0) is 138 Å². The topological polar surface area (TPSA) is 28.2 Å². The first-order valence-electron chi connectivity index (χ1n) is 23.9. The van der Waals surface area contributed by atoms with E-state index in [9.17, 15) is 0 Å². The fourth-order valence-electron chi connectivity index (χ4n) is 11.0. The second-order valence-electron chi connectivity index (χ2n) is 18.0. The molecule has 5 nitrogen and oxygen atoms in total. The van der Waals surface area contributed by atoms with Gasteiger partial charge < -0.3 is 24.1 Å². The molecule has 8 heteroatoms. The molecule has 0 aliphatic carbocycles. The standard InChI is InChI=1S/C62H45B2N3O2S/c1-4-22-42(23-5-2)67-55-38-47(65(43-24-10-6-11-25-43)44-26-12-7-13-27-44)36-51-49-32-18-20-34-56(49)69-63(59(51)55)53-40-54-62(41(3)61(53)67)68-57-39-48(37-52-50-33-19-21-35-58(50)70-64(54)60(52)57)66(45-28-14-8-15-29-45)46-30-16-9-17-31-46/h4-40H,1H2,2-3H3/b23-5-,42-22+. The Morgan fingerprint density at radius 3 is 1.70 bits per heavy atom. The van der Waals surface area contributed by atoms with E-state index in [1.807, 2.05) is 17.7 Å². The Balaban J connectivity index is 1.07. The Labute approximate surface area is 414 Å². The molecule has 332 valence electrons. The van der Waals surface area contributed by atoms with Gasteiger partial charge in [0.1, 0.15) is 17.2 Å². The van der Waals surface area contributed by atoms with Crippen molar-refractivity contribution in [2.45, 2.75) is 18.7 Å². The van der Waals surface area contributed by atoms with Crippen molar-refractivity contribution < 1.29 is 9.39 Å². The summed E-state index contributed by atoms with van der Waals surface area (Å²) in [7, 11) is 0. The number of anilines is 8. The van der Waals surface area contributed by atoms with Crippen LogP contribution in [0.4, 0.5) is 45.5 Å². The van der Waals surface area contributed by atoms with Crippen molar-refractivity contribution in [3.63, 3.8) is 0 Å². The first-order chi connectivity index (χ1) is 34.6. The van der Waals surface area contributed by atoms with Crippen LogP contribution >= 0.6 is 11.6 Å². The second kappa shape index (κ2) is 17.0. The maximum Gasteiger partial charge on any atom is 0.431 e. The number of nitrogens with zero attached hydrogens (tertiary/aromatic N) is 3.